The summed E-state index contributed by atoms with van der Waals surface area (Å²) in [5, 5.41) is 0. The van der Waals surface area contributed by atoms with Crippen LogP contribution >= 0.6 is 0 Å². The third-order valence-electron chi connectivity index (χ3n) is 5.16. The molecule has 0 radical (unpaired) electrons. The molecular weight excluding hydrogens is 352 g/mol. The van der Waals surface area contributed by atoms with Gasteiger partial charge in [-0.25, -0.2) is 4.98 Å². The number of rotatable bonds is 5. The molecule has 0 aliphatic carbocycles. The number of H-pyrrole nitrogens is 1. The van der Waals surface area contributed by atoms with Gasteiger partial charge < -0.3 is 9.72 Å². The van der Waals surface area contributed by atoms with Crippen LogP contribution in [0.1, 0.15) is 30.0 Å². The zero-order valence-electron chi connectivity index (χ0n) is 16.0. The quantitative estimate of drug-likeness (QED) is 0.740. The molecule has 1 aliphatic rings. The van der Waals surface area contributed by atoms with E-state index in [0.717, 1.165) is 49.5 Å². The van der Waals surface area contributed by atoms with E-state index in [1.54, 1.807) is 25.6 Å². The standard InChI is InChI=1S/C22H24N4O2/c1-28-19-8-2-5-16(11-19)14-26-10-4-7-18(15-26)20-12-21(27)25-22(24-20)17-6-3-9-23-13-17/h2-3,5-6,8-9,11-13,18H,4,7,10,14-15H2,1H3,(H,24,25,27). The van der Waals surface area contributed by atoms with Crippen LogP contribution in [0.3, 0.4) is 0 Å². The minimum absolute atomic E-state index is 0.117. The van der Waals surface area contributed by atoms with E-state index >= 15 is 0 Å². The normalized spacial score (nSPS) is 17.4. The molecule has 6 heteroatoms. The van der Waals surface area contributed by atoms with Gasteiger partial charge >= 0.3 is 0 Å². The summed E-state index contributed by atoms with van der Waals surface area (Å²) in [6.07, 6.45) is 5.56. The molecule has 0 spiro atoms. The maximum absolute atomic E-state index is 12.2. The fourth-order valence-electron chi connectivity index (χ4n) is 3.79. The van der Waals surface area contributed by atoms with Crippen molar-refractivity contribution in [2.75, 3.05) is 20.2 Å². The number of hydrogen-bond acceptors (Lipinski definition) is 5. The van der Waals surface area contributed by atoms with Crippen LogP contribution in [0.15, 0.2) is 59.7 Å². The van der Waals surface area contributed by atoms with Crippen LogP contribution in [0.4, 0.5) is 0 Å². The highest BCUT2D eigenvalue weighted by Crippen LogP contribution is 2.27. The van der Waals surface area contributed by atoms with Crippen LogP contribution < -0.4 is 10.3 Å². The molecule has 28 heavy (non-hydrogen) atoms. The summed E-state index contributed by atoms with van der Waals surface area (Å²) in [6, 6.07) is 13.6. The van der Waals surface area contributed by atoms with Crippen molar-refractivity contribution in [3.63, 3.8) is 0 Å². The third kappa shape index (κ3) is 4.28. The Morgan fingerprint density at radius 2 is 2.18 bits per heavy atom. The smallest absolute Gasteiger partial charge is 0.251 e. The number of benzene rings is 1. The predicted molar refractivity (Wildman–Crippen MR) is 108 cm³/mol. The van der Waals surface area contributed by atoms with E-state index < -0.39 is 0 Å². The van der Waals surface area contributed by atoms with Gasteiger partial charge in [0.1, 0.15) is 11.6 Å². The number of ether oxygens (including phenoxy) is 1. The van der Waals surface area contributed by atoms with Crippen LogP contribution in [0.25, 0.3) is 11.4 Å². The van der Waals surface area contributed by atoms with Crippen molar-refractivity contribution < 1.29 is 4.74 Å². The summed E-state index contributed by atoms with van der Waals surface area (Å²) in [6.45, 7) is 2.80. The highest BCUT2D eigenvalue weighted by atomic mass is 16.5. The largest absolute Gasteiger partial charge is 0.497 e. The summed E-state index contributed by atoms with van der Waals surface area (Å²) in [4.78, 5) is 26.4. The Morgan fingerprint density at radius 1 is 1.25 bits per heavy atom. The fourth-order valence-corrected chi connectivity index (χ4v) is 3.79. The van der Waals surface area contributed by atoms with Crippen molar-refractivity contribution in [3.8, 4) is 17.1 Å². The number of likely N-dealkylation sites (tertiary alicyclic amines) is 1. The first-order chi connectivity index (χ1) is 13.7. The van der Waals surface area contributed by atoms with Crippen molar-refractivity contribution in [1.82, 2.24) is 19.9 Å². The number of methoxy groups -OCH3 is 1. The second-order valence-electron chi connectivity index (χ2n) is 7.19. The molecule has 1 fully saturated rings. The number of pyridine rings is 1. The van der Waals surface area contributed by atoms with Gasteiger partial charge in [0.05, 0.1) is 12.8 Å². The van der Waals surface area contributed by atoms with Crippen molar-refractivity contribution >= 4 is 0 Å². The minimum atomic E-state index is -0.117. The molecule has 1 aliphatic heterocycles. The summed E-state index contributed by atoms with van der Waals surface area (Å²) >= 11 is 0. The fraction of sp³-hybridized carbons (Fsp3) is 0.318. The molecule has 1 saturated heterocycles. The first-order valence-electron chi connectivity index (χ1n) is 9.58. The lowest BCUT2D eigenvalue weighted by Gasteiger charge is -2.32. The van der Waals surface area contributed by atoms with Gasteiger partial charge in [-0.3, -0.25) is 14.7 Å². The number of hydrogen-bond donors (Lipinski definition) is 1. The van der Waals surface area contributed by atoms with Crippen LogP contribution in [0.2, 0.25) is 0 Å². The van der Waals surface area contributed by atoms with Gasteiger partial charge in [-0.15, -0.1) is 0 Å². The van der Waals surface area contributed by atoms with Crippen molar-refractivity contribution in [2.24, 2.45) is 0 Å². The molecule has 1 unspecified atom stereocenters. The molecule has 0 saturated carbocycles. The SMILES string of the molecule is COc1cccc(CN2CCCC(c3cc(=O)[nH]c(-c4cccnc4)n3)C2)c1. The summed E-state index contributed by atoms with van der Waals surface area (Å²) < 4.78 is 5.33. The molecule has 3 heterocycles. The maximum atomic E-state index is 12.2. The lowest BCUT2D eigenvalue weighted by atomic mass is 9.94. The molecule has 4 rings (SSSR count). The van der Waals surface area contributed by atoms with E-state index in [9.17, 15) is 4.79 Å². The summed E-state index contributed by atoms with van der Waals surface area (Å²) in [7, 11) is 1.69. The number of piperidine rings is 1. The van der Waals surface area contributed by atoms with Crippen LogP contribution in [0, 0.1) is 0 Å². The monoisotopic (exact) mass is 376 g/mol. The van der Waals surface area contributed by atoms with Crippen LogP contribution in [-0.4, -0.2) is 40.1 Å². The molecule has 144 valence electrons. The summed E-state index contributed by atoms with van der Waals surface area (Å²) in [5.41, 5.74) is 2.80. The van der Waals surface area contributed by atoms with Crippen LogP contribution in [-0.2, 0) is 6.54 Å². The second kappa shape index (κ2) is 8.35. The molecule has 1 N–H and O–H groups in total. The molecule has 0 amide bonds. The van der Waals surface area contributed by atoms with Gasteiger partial charge in [0, 0.05) is 43.0 Å². The predicted octanol–water partition coefficient (Wildman–Crippen LogP) is 3.22. The summed E-state index contributed by atoms with van der Waals surface area (Å²) in [5.74, 6) is 1.71. The maximum Gasteiger partial charge on any atom is 0.251 e. The van der Waals surface area contributed by atoms with Crippen molar-refractivity contribution in [3.05, 3.63) is 76.5 Å². The van der Waals surface area contributed by atoms with Gasteiger partial charge in [0.15, 0.2) is 0 Å². The molecule has 1 aromatic carbocycles. The Morgan fingerprint density at radius 3 is 3.00 bits per heavy atom. The highest BCUT2D eigenvalue weighted by molar-refractivity contribution is 5.52. The Balaban J connectivity index is 1.53. The van der Waals surface area contributed by atoms with Gasteiger partial charge in [0.25, 0.3) is 5.56 Å². The van der Waals surface area contributed by atoms with Crippen molar-refractivity contribution in [2.45, 2.75) is 25.3 Å². The van der Waals surface area contributed by atoms with Gasteiger partial charge in [0.2, 0.25) is 0 Å². The van der Waals surface area contributed by atoms with E-state index in [1.807, 2.05) is 24.3 Å². The minimum Gasteiger partial charge on any atom is -0.497 e. The molecule has 6 nitrogen and oxygen atoms in total. The molecular formula is C22H24N4O2. The first kappa shape index (κ1) is 18.4. The number of nitrogens with one attached hydrogen (secondary N) is 1. The number of aromatic amines is 1. The molecule has 3 aromatic rings. The van der Waals surface area contributed by atoms with E-state index in [2.05, 4.69) is 27.0 Å². The van der Waals surface area contributed by atoms with Gasteiger partial charge in [-0.2, -0.15) is 0 Å². The number of nitrogens with zero attached hydrogens (tertiary/aromatic N) is 3. The Bertz CT molecular complexity index is 987. The van der Waals surface area contributed by atoms with Crippen LogP contribution in [0.5, 0.6) is 5.75 Å². The Labute approximate surface area is 164 Å². The molecule has 0 bridgehead atoms. The van der Waals surface area contributed by atoms with Crippen molar-refractivity contribution in [1.29, 1.82) is 0 Å². The van der Waals surface area contributed by atoms with Gasteiger partial charge in [-0.1, -0.05) is 12.1 Å². The Hall–Kier alpha value is -2.99. The second-order valence-corrected chi connectivity index (χ2v) is 7.19. The molecule has 2 aromatic heterocycles. The topological polar surface area (TPSA) is 71.1 Å². The van der Waals surface area contributed by atoms with Gasteiger partial charge in [-0.05, 0) is 49.2 Å². The zero-order chi connectivity index (χ0) is 19.3. The zero-order valence-corrected chi connectivity index (χ0v) is 16.0. The average Bonchev–Trinajstić information content (AvgIpc) is 2.74. The lowest BCUT2D eigenvalue weighted by Crippen LogP contribution is -2.34. The first-order valence-corrected chi connectivity index (χ1v) is 9.58. The molecule has 1 atom stereocenters. The lowest BCUT2D eigenvalue weighted by molar-refractivity contribution is 0.198. The average molecular weight is 376 g/mol. The number of aromatic nitrogens is 3. The van der Waals surface area contributed by atoms with E-state index in [1.165, 1.54) is 5.56 Å². The third-order valence-corrected chi connectivity index (χ3v) is 5.16. The van der Waals surface area contributed by atoms with E-state index in [0.29, 0.717) is 5.82 Å². The van der Waals surface area contributed by atoms with E-state index in [-0.39, 0.29) is 11.5 Å². The highest BCUT2D eigenvalue weighted by Gasteiger charge is 2.23. The van der Waals surface area contributed by atoms with E-state index in [4.69, 9.17) is 9.72 Å². The Kier molecular flexibility index (Phi) is 5.48.